The van der Waals surface area contributed by atoms with Crippen LogP contribution in [0.3, 0.4) is 0 Å². The van der Waals surface area contributed by atoms with E-state index >= 15 is 0 Å². The summed E-state index contributed by atoms with van der Waals surface area (Å²) in [6.07, 6.45) is 2.48. The Morgan fingerprint density at radius 3 is 2.46 bits per heavy atom. The SMILES string of the molecule is CC(=O)N1CCC2C(/C=C3\CCN(Cc4ccc([N+](=O)[O-])cc4)C3=O)=C(C(=O)[O-])N3C(=O)[C@@H]1[C@@H]23.[Na+]. The van der Waals surface area contributed by atoms with Crippen molar-refractivity contribution in [2.24, 2.45) is 5.92 Å². The Balaban J connectivity index is 0.00000289. The van der Waals surface area contributed by atoms with Crippen LogP contribution in [0, 0.1) is 16.0 Å². The minimum Gasteiger partial charge on any atom is -0.543 e. The average Bonchev–Trinajstić information content (AvgIpc) is 3.30. The number of likely N-dealkylation sites (tertiary alicyclic amines) is 2. The predicted molar refractivity (Wildman–Crippen MR) is 113 cm³/mol. The van der Waals surface area contributed by atoms with Gasteiger partial charge in [0.05, 0.1) is 22.6 Å². The van der Waals surface area contributed by atoms with Crippen LogP contribution in [0.25, 0.3) is 0 Å². The summed E-state index contributed by atoms with van der Waals surface area (Å²) >= 11 is 0. The Labute approximate surface area is 222 Å². The number of non-ortho nitro benzene ring substituents is 1. The summed E-state index contributed by atoms with van der Waals surface area (Å²) in [5.41, 5.74) is 1.34. The molecule has 5 rings (SSSR count). The molecule has 12 heteroatoms. The maximum Gasteiger partial charge on any atom is 1.00 e. The third-order valence-electron chi connectivity index (χ3n) is 7.12. The number of carboxylic acid groups (broad SMARTS) is 1. The quantitative estimate of drug-likeness (QED) is 0.139. The smallest absolute Gasteiger partial charge is 0.543 e. The molecule has 0 saturated carbocycles. The zero-order valence-corrected chi connectivity index (χ0v) is 21.3. The van der Waals surface area contributed by atoms with Crippen LogP contribution in [-0.2, 0) is 25.7 Å². The zero-order valence-electron chi connectivity index (χ0n) is 19.3. The zero-order chi connectivity index (χ0) is 24.3. The first kappa shape index (κ1) is 25.1. The number of piperidine rings is 1. The largest absolute Gasteiger partial charge is 1.00 e. The van der Waals surface area contributed by atoms with Crippen LogP contribution in [0.1, 0.15) is 25.3 Å². The summed E-state index contributed by atoms with van der Waals surface area (Å²) in [5, 5.41) is 22.8. The number of β-lactam (4-membered cyclic amide) rings is 1. The van der Waals surface area contributed by atoms with Crippen molar-refractivity contribution in [2.75, 3.05) is 13.1 Å². The molecule has 0 radical (unpaired) electrons. The molecular weight excluding hydrogens is 467 g/mol. The number of carbonyl (C=O) groups is 4. The van der Waals surface area contributed by atoms with Gasteiger partial charge in [-0.05, 0) is 30.1 Å². The van der Waals surface area contributed by atoms with E-state index in [1.165, 1.54) is 28.9 Å². The molecule has 0 N–H and O–H groups in total. The molecule has 1 unspecified atom stereocenters. The van der Waals surface area contributed by atoms with Gasteiger partial charge in [0.1, 0.15) is 6.04 Å². The average molecular weight is 488 g/mol. The number of amides is 3. The van der Waals surface area contributed by atoms with Crippen LogP contribution < -0.4 is 34.7 Å². The Morgan fingerprint density at radius 1 is 1.17 bits per heavy atom. The van der Waals surface area contributed by atoms with Crippen LogP contribution in [0.5, 0.6) is 0 Å². The first-order valence-electron chi connectivity index (χ1n) is 11.0. The molecular formula is C23H21N4NaO7. The van der Waals surface area contributed by atoms with Gasteiger partial charge in [-0.3, -0.25) is 24.5 Å². The molecule has 3 atom stereocenters. The second-order valence-corrected chi connectivity index (χ2v) is 8.91. The molecule has 4 heterocycles. The minimum atomic E-state index is -1.48. The van der Waals surface area contributed by atoms with E-state index in [0.29, 0.717) is 37.1 Å². The van der Waals surface area contributed by atoms with Crippen molar-refractivity contribution in [3.63, 3.8) is 0 Å². The molecule has 0 spiro atoms. The molecule has 0 bridgehead atoms. The van der Waals surface area contributed by atoms with E-state index in [-0.39, 0.29) is 65.2 Å². The number of aliphatic carboxylic acids is 1. The fourth-order valence-electron chi connectivity index (χ4n) is 5.54. The van der Waals surface area contributed by atoms with E-state index in [1.54, 1.807) is 23.1 Å². The van der Waals surface area contributed by atoms with E-state index in [2.05, 4.69) is 0 Å². The molecule has 4 aliphatic rings. The van der Waals surface area contributed by atoms with E-state index in [0.717, 1.165) is 5.56 Å². The number of nitro benzene ring substituents is 1. The number of allylic oxidation sites excluding steroid dienone is 1. The number of benzene rings is 1. The number of nitro groups is 1. The van der Waals surface area contributed by atoms with E-state index in [9.17, 15) is 34.4 Å². The van der Waals surface area contributed by atoms with Gasteiger partial charge in [0.25, 0.3) is 11.6 Å². The summed E-state index contributed by atoms with van der Waals surface area (Å²) < 4.78 is 0. The van der Waals surface area contributed by atoms with E-state index in [1.807, 2.05) is 0 Å². The first-order chi connectivity index (χ1) is 16.2. The van der Waals surface area contributed by atoms with Crippen LogP contribution in [0.4, 0.5) is 5.69 Å². The van der Waals surface area contributed by atoms with Crippen molar-refractivity contribution >= 4 is 29.4 Å². The van der Waals surface area contributed by atoms with Crippen LogP contribution >= 0.6 is 0 Å². The van der Waals surface area contributed by atoms with Gasteiger partial charge in [-0.1, -0.05) is 12.1 Å². The number of hydrogen-bond acceptors (Lipinski definition) is 7. The van der Waals surface area contributed by atoms with Gasteiger partial charge in [0, 0.05) is 50.2 Å². The number of carboxylic acids is 1. The standard InChI is InChI=1S/C23H22N4O7.Na/c1-12(28)25-9-7-16-17(19(23(31)32)26-18(16)20(25)22(26)30)10-14-6-8-24(21(14)29)11-13-2-4-15(5-3-13)27(33)34;/h2-5,10,16,18,20H,6-9,11H2,1H3,(H,31,32);/q;+1/p-1/b14-10+;/t16?,18-,20+;/m1./s1. The van der Waals surface area contributed by atoms with Gasteiger partial charge in [0.2, 0.25) is 11.8 Å². The topological polar surface area (TPSA) is 144 Å². The molecule has 3 fully saturated rings. The van der Waals surface area contributed by atoms with Gasteiger partial charge in [-0.25, -0.2) is 0 Å². The molecule has 3 amide bonds. The second kappa shape index (κ2) is 9.21. The maximum atomic E-state index is 13.0. The summed E-state index contributed by atoms with van der Waals surface area (Å²) in [6, 6.07) is 4.83. The number of nitrogens with zero attached hydrogens (tertiary/aromatic N) is 4. The normalized spacial score (nSPS) is 26.0. The Hall–Kier alpha value is -3.02. The molecule has 4 aliphatic heterocycles. The fourth-order valence-corrected chi connectivity index (χ4v) is 5.54. The number of rotatable bonds is 5. The van der Waals surface area contributed by atoms with Gasteiger partial charge in [-0.15, -0.1) is 0 Å². The molecule has 1 aromatic rings. The van der Waals surface area contributed by atoms with Crippen molar-refractivity contribution in [3.05, 3.63) is 62.9 Å². The van der Waals surface area contributed by atoms with E-state index in [4.69, 9.17) is 0 Å². The maximum absolute atomic E-state index is 13.0. The van der Waals surface area contributed by atoms with Crippen LogP contribution in [0.15, 0.2) is 47.2 Å². The molecule has 3 saturated heterocycles. The third kappa shape index (κ3) is 3.97. The summed E-state index contributed by atoms with van der Waals surface area (Å²) in [4.78, 5) is 64.3. The predicted octanol–water partition coefficient (Wildman–Crippen LogP) is -3.28. The van der Waals surface area contributed by atoms with Gasteiger partial charge < -0.3 is 24.6 Å². The number of carbonyl (C=O) groups excluding carboxylic acids is 4. The van der Waals surface area contributed by atoms with Gasteiger partial charge >= 0.3 is 29.6 Å². The number of hydrogen-bond donors (Lipinski definition) is 0. The molecule has 176 valence electrons. The second-order valence-electron chi connectivity index (χ2n) is 8.91. The van der Waals surface area contributed by atoms with Crippen LogP contribution in [-0.4, -0.2) is 68.5 Å². The van der Waals surface area contributed by atoms with Crippen molar-refractivity contribution in [3.8, 4) is 0 Å². The van der Waals surface area contributed by atoms with Crippen molar-refractivity contribution in [1.82, 2.24) is 14.7 Å². The third-order valence-corrected chi connectivity index (χ3v) is 7.12. The summed E-state index contributed by atoms with van der Waals surface area (Å²) in [5.74, 6) is -2.67. The summed E-state index contributed by atoms with van der Waals surface area (Å²) in [6.45, 7) is 2.42. The molecule has 0 aliphatic carbocycles. The summed E-state index contributed by atoms with van der Waals surface area (Å²) in [7, 11) is 0. The Morgan fingerprint density at radius 2 is 1.86 bits per heavy atom. The minimum absolute atomic E-state index is 0. The molecule has 0 aromatic heterocycles. The van der Waals surface area contributed by atoms with Gasteiger partial charge in [0.15, 0.2) is 0 Å². The van der Waals surface area contributed by atoms with Crippen molar-refractivity contribution in [1.29, 1.82) is 0 Å². The van der Waals surface area contributed by atoms with E-state index < -0.39 is 28.9 Å². The van der Waals surface area contributed by atoms with Gasteiger partial charge in [-0.2, -0.15) is 0 Å². The molecule has 11 nitrogen and oxygen atoms in total. The Kier molecular flexibility index (Phi) is 6.60. The Bertz CT molecular complexity index is 1210. The molecule has 1 aromatic carbocycles. The molecule has 35 heavy (non-hydrogen) atoms. The first-order valence-corrected chi connectivity index (χ1v) is 11.0. The monoisotopic (exact) mass is 488 g/mol. The fraction of sp³-hybridized carbons (Fsp3) is 0.391. The van der Waals surface area contributed by atoms with Crippen molar-refractivity contribution in [2.45, 2.75) is 38.4 Å². The van der Waals surface area contributed by atoms with Crippen molar-refractivity contribution < 1.29 is 58.8 Å². The van der Waals surface area contributed by atoms with Crippen LogP contribution in [0.2, 0.25) is 0 Å².